The number of sulfonamides is 1. The van der Waals surface area contributed by atoms with Crippen molar-refractivity contribution in [3.8, 4) is 17.5 Å². The number of ether oxygens (including phenoxy) is 3. The van der Waals surface area contributed by atoms with Crippen LogP contribution in [-0.2, 0) is 31.3 Å². The van der Waals surface area contributed by atoms with Crippen LogP contribution in [0.2, 0.25) is 0 Å². The molecule has 2 aromatic heterocycles. The van der Waals surface area contributed by atoms with E-state index in [2.05, 4.69) is 15.1 Å². The van der Waals surface area contributed by atoms with E-state index in [9.17, 15) is 13.2 Å². The lowest BCUT2D eigenvalue weighted by molar-refractivity contribution is -0.125. The monoisotopic (exact) mass is 572 g/mol. The van der Waals surface area contributed by atoms with Crippen LogP contribution in [0.1, 0.15) is 50.5 Å². The van der Waals surface area contributed by atoms with Crippen molar-refractivity contribution >= 4 is 21.6 Å². The number of rotatable bonds is 9. The first-order valence-electron chi connectivity index (χ1n) is 12.8. The van der Waals surface area contributed by atoms with E-state index in [0.717, 1.165) is 9.98 Å². The molecule has 0 unspecified atom stereocenters. The summed E-state index contributed by atoms with van der Waals surface area (Å²) in [4.78, 5) is 21.2. The SMILES string of the molecule is COc1ccccc1[C@H](CC1=NN(C(C)(C)C(N)=O)S(=O)(=O)c2c1nc(-c1ncco1)n2C)OC1CCOCC1. The highest BCUT2D eigenvalue weighted by molar-refractivity contribution is 7.89. The molecule has 13 nitrogen and oxygen atoms in total. The summed E-state index contributed by atoms with van der Waals surface area (Å²) in [5, 5.41) is 4.35. The van der Waals surface area contributed by atoms with Gasteiger partial charge in [-0.25, -0.2) is 9.97 Å². The minimum Gasteiger partial charge on any atom is -0.496 e. The first-order chi connectivity index (χ1) is 19.1. The van der Waals surface area contributed by atoms with Gasteiger partial charge >= 0.3 is 0 Å². The molecule has 2 aliphatic rings. The summed E-state index contributed by atoms with van der Waals surface area (Å²) in [6.45, 7) is 3.96. The number of amides is 1. The van der Waals surface area contributed by atoms with Gasteiger partial charge in [-0.2, -0.15) is 17.9 Å². The molecule has 2 N–H and O–H groups in total. The number of nitrogens with two attached hydrogens (primary N) is 1. The first-order valence-corrected chi connectivity index (χ1v) is 14.3. The molecule has 1 aromatic carbocycles. The summed E-state index contributed by atoms with van der Waals surface area (Å²) in [6.07, 6.45) is 3.65. The number of hydrazone groups is 1. The van der Waals surface area contributed by atoms with Gasteiger partial charge in [0, 0.05) is 32.2 Å². The maximum absolute atomic E-state index is 13.9. The first kappa shape index (κ1) is 27.8. The van der Waals surface area contributed by atoms with Crippen molar-refractivity contribution < 1.29 is 31.8 Å². The predicted octanol–water partition coefficient (Wildman–Crippen LogP) is 2.38. The van der Waals surface area contributed by atoms with Gasteiger partial charge in [0.2, 0.25) is 5.91 Å². The number of fused-ring (bicyclic) bond motifs is 1. The van der Waals surface area contributed by atoms with Crippen LogP contribution in [0, 0.1) is 0 Å². The Hall–Kier alpha value is -3.75. The Morgan fingerprint density at radius 2 is 1.98 bits per heavy atom. The third kappa shape index (κ3) is 4.86. The van der Waals surface area contributed by atoms with E-state index in [4.69, 9.17) is 24.4 Å². The number of imidazole rings is 1. The molecule has 14 heteroatoms. The van der Waals surface area contributed by atoms with Crippen LogP contribution in [0.25, 0.3) is 11.7 Å². The molecule has 1 fully saturated rings. The Morgan fingerprint density at radius 1 is 1.25 bits per heavy atom. The number of carbonyl (C=O) groups is 1. The van der Waals surface area contributed by atoms with Gasteiger partial charge in [0.1, 0.15) is 23.2 Å². The molecule has 3 aromatic rings. The van der Waals surface area contributed by atoms with Crippen molar-refractivity contribution in [3.05, 3.63) is 48.0 Å². The molecule has 214 valence electrons. The van der Waals surface area contributed by atoms with E-state index >= 15 is 0 Å². The van der Waals surface area contributed by atoms with Gasteiger partial charge in [0.15, 0.2) is 10.9 Å². The molecule has 0 saturated carbocycles. The van der Waals surface area contributed by atoms with Gasteiger partial charge < -0.3 is 28.9 Å². The lowest BCUT2D eigenvalue weighted by atomic mass is 10.00. The normalized spacial score (nSPS) is 18.2. The lowest BCUT2D eigenvalue weighted by Crippen LogP contribution is -2.55. The van der Waals surface area contributed by atoms with Crippen LogP contribution >= 0.6 is 0 Å². The fourth-order valence-corrected chi connectivity index (χ4v) is 6.73. The van der Waals surface area contributed by atoms with Crippen molar-refractivity contribution in [2.45, 2.75) is 55.9 Å². The highest BCUT2D eigenvalue weighted by Crippen LogP contribution is 2.39. The van der Waals surface area contributed by atoms with Crippen molar-refractivity contribution in [1.82, 2.24) is 18.9 Å². The molecule has 5 rings (SSSR count). The fraction of sp³-hybridized carbons (Fsp3) is 0.462. The molecule has 40 heavy (non-hydrogen) atoms. The molecule has 0 bridgehead atoms. The number of oxazole rings is 1. The zero-order chi connectivity index (χ0) is 28.7. The van der Waals surface area contributed by atoms with E-state index in [1.54, 1.807) is 7.11 Å². The Kier molecular flexibility index (Phi) is 7.42. The summed E-state index contributed by atoms with van der Waals surface area (Å²) >= 11 is 0. The second kappa shape index (κ2) is 10.7. The summed E-state index contributed by atoms with van der Waals surface area (Å²) in [6, 6.07) is 7.46. The average Bonchev–Trinajstić information content (AvgIpc) is 3.58. The standard InChI is InChI=1S/C26H32N6O7S/c1-26(2,25(27)33)32-30-18(21-24(40(32,34)35)31(3)22(29-21)23-28-11-14-38-23)15-20(39-16-9-12-37-13-10-16)17-7-5-6-8-19(17)36-4/h5-8,11,14,16,20H,9-10,12-13,15H2,1-4H3,(H2,27,33)/t20-/m0/s1. The summed E-state index contributed by atoms with van der Waals surface area (Å²) in [7, 11) is -1.25. The van der Waals surface area contributed by atoms with Gasteiger partial charge in [-0.05, 0) is 32.8 Å². The Morgan fingerprint density at radius 3 is 2.62 bits per heavy atom. The lowest BCUT2D eigenvalue weighted by Gasteiger charge is -2.36. The third-order valence-corrected chi connectivity index (χ3v) is 9.04. The van der Waals surface area contributed by atoms with E-state index in [1.165, 1.54) is 37.9 Å². The number of hydrogen-bond acceptors (Lipinski definition) is 10. The van der Waals surface area contributed by atoms with Crippen LogP contribution in [-0.4, -0.2) is 71.0 Å². The second-order valence-corrected chi connectivity index (χ2v) is 11.8. The largest absolute Gasteiger partial charge is 0.496 e. The molecule has 0 radical (unpaired) electrons. The van der Waals surface area contributed by atoms with Crippen LogP contribution in [0.4, 0.5) is 0 Å². The molecule has 1 amide bonds. The minimum atomic E-state index is -4.37. The van der Waals surface area contributed by atoms with Gasteiger partial charge in [-0.1, -0.05) is 18.2 Å². The average molecular weight is 573 g/mol. The zero-order valence-electron chi connectivity index (χ0n) is 22.7. The molecular formula is C26H32N6O7S. The van der Waals surface area contributed by atoms with Crippen molar-refractivity contribution in [3.63, 3.8) is 0 Å². The number of benzene rings is 1. The molecule has 0 aliphatic carbocycles. The molecule has 1 saturated heterocycles. The van der Waals surface area contributed by atoms with Crippen LogP contribution in [0.15, 0.2) is 51.3 Å². The number of nitrogens with zero attached hydrogens (tertiary/aromatic N) is 5. The predicted molar refractivity (Wildman–Crippen MR) is 143 cm³/mol. The molecule has 4 heterocycles. The molecule has 1 atom stereocenters. The van der Waals surface area contributed by atoms with Crippen LogP contribution < -0.4 is 10.5 Å². The highest BCUT2D eigenvalue weighted by atomic mass is 32.2. The summed E-state index contributed by atoms with van der Waals surface area (Å²) in [5.74, 6) is 0.0631. The molecular weight excluding hydrogens is 540 g/mol. The highest BCUT2D eigenvalue weighted by Gasteiger charge is 2.48. The van der Waals surface area contributed by atoms with Crippen molar-refractivity contribution in [2.75, 3.05) is 20.3 Å². The zero-order valence-corrected chi connectivity index (χ0v) is 23.6. The molecule has 0 spiro atoms. The smallest absolute Gasteiger partial charge is 0.297 e. The minimum absolute atomic E-state index is 0.0965. The number of methoxy groups -OCH3 is 1. The van der Waals surface area contributed by atoms with E-state index < -0.39 is 27.6 Å². The number of aromatic nitrogens is 3. The van der Waals surface area contributed by atoms with E-state index in [-0.39, 0.29) is 40.7 Å². The van der Waals surface area contributed by atoms with Crippen molar-refractivity contribution in [1.29, 1.82) is 0 Å². The Bertz CT molecular complexity index is 1520. The second-order valence-electron chi connectivity index (χ2n) is 10.1. The van der Waals surface area contributed by atoms with Gasteiger partial charge in [-0.15, -0.1) is 0 Å². The maximum atomic E-state index is 13.9. The van der Waals surface area contributed by atoms with Gasteiger partial charge in [0.25, 0.3) is 15.9 Å². The quantitative estimate of drug-likeness (QED) is 0.405. The Balaban J connectivity index is 1.66. The van der Waals surface area contributed by atoms with Gasteiger partial charge in [0.05, 0.1) is 31.2 Å². The maximum Gasteiger partial charge on any atom is 0.297 e. The summed E-state index contributed by atoms with van der Waals surface area (Å²) < 4.78 is 53.1. The van der Waals surface area contributed by atoms with Crippen LogP contribution in [0.5, 0.6) is 5.75 Å². The van der Waals surface area contributed by atoms with E-state index in [0.29, 0.717) is 31.8 Å². The van der Waals surface area contributed by atoms with Crippen molar-refractivity contribution in [2.24, 2.45) is 17.9 Å². The topological polar surface area (TPSA) is 164 Å². The van der Waals surface area contributed by atoms with E-state index in [1.807, 2.05) is 24.3 Å². The summed E-state index contributed by atoms with van der Waals surface area (Å²) in [5.41, 5.74) is 5.13. The third-order valence-electron chi connectivity index (χ3n) is 7.09. The number of primary amides is 1. The van der Waals surface area contributed by atoms with Crippen LogP contribution in [0.3, 0.4) is 0 Å². The Labute approximate surface area is 232 Å². The molecule has 2 aliphatic heterocycles. The number of para-hydroxylation sites is 1. The number of hydrogen-bond donors (Lipinski definition) is 1. The fourth-order valence-electron chi connectivity index (χ4n) is 4.83. The number of carbonyl (C=O) groups excluding carboxylic acids is 1. The van der Waals surface area contributed by atoms with Gasteiger partial charge in [-0.3, -0.25) is 4.79 Å².